The van der Waals surface area contributed by atoms with Crippen molar-refractivity contribution in [2.45, 2.75) is 11.7 Å². The van der Waals surface area contributed by atoms with Crippen LogP contribution in [-0.4, -0.2) is 39.5 Å². The summed E-state index contributed by atoms with van der Waals surface area (Å²) in [5, 5.41) is 16.4. The summed E-state index contributed by atoms with van der Waals surface area (Å²) in [5.41, 5.74) is 6.85. The molecule has 0 aromatic heterocycles. The molecular formula is C19H15ClN4O4S. The number of halogens is 1. The van der Waals surface area contributed by atoms with E-state index in [0.29, 0.717) is 16.3 Å². The van der Waals surface area contributed by atoms with Crippen LogP contribution >= 0.6 is 23.4 Å². The van der Waals surface area contributed by atoms with Crippen LogP contribution in [0.25, 0.3) is 0 Å². The van der Waals surface area contributed by atoms with E-state index in [4.69, 9.17) is 22.4 Å². The highest BCUT2D eigenvalue weighted by Crippen LogP contribution is 2.30. The maximum absolute atomic E-state index is 12.6. The average molecular weight is 431 g/mol. The normalized spacial score (nSPS) is 17.3. The first-order valence-electron chi connectivity index (χ1n) is 8.34. The predicted molar refractivity (Wildman–Crippen MR) is 113 cm³/mol. The molecule has 2 aromatic carbocycles. The molecular weight excluding hydrogens is 416 g/mol. The molecule has 148 valence electrons. The molecule has 1 atom stereocenters. The summed E-state index contributed by atoms with van der Waals surface area (Å²) >= 11 is 6.96. The number of carboxylic acids is 1. The van der Waals surface area contributed by atoms with E-state index in [-0.39, 0.29) is 17.2 Å². The van der Waals surface area contributed by atoms with Gasteiger partial charge in [0, 0.05) is 17.0 Å². The summed E-state index contributed by atoms with van der Waals surface area (Å²) in [6, 6.07) is 12.6. The molecule has 1 fully saturated rings. The highest BCUT2D eigenvalue weighted by atomic mass is 35.5. The van der Waals surface area contributed by atoms with Crippen molar-refractivity contribution in [3.05, 3.63) is 64.7 Å². The zero-order valence-corrected chi connectivity index (χ0v) is 16.4. The Labute approximate surface area is 175 Å². The van der Waals surface area contributed by atoms with Crippen LogP contribution < -0.4 is 10.6 Å². The predicted octanol–water partition coefficient (Wildman–Crippen LogP) is 2.75. The van der Waals surface area contributed by atoms with Crippen molar-refractivity contribution < 1.29 is 19.5 Å². The number of anilines is 1. The summed E-state index contributed by atoms with van der Waals surface area (Å²) in [5.74, 6) is -1.94. The maximum Gasteiger partial charge on any atom is 0.335 e. The third-order valence-corrected chi connectivity index (χ3v) is 5.32. The smallest absolute Gasteiger partial charge is 0.335 e. The van der Waals surface area contributed by atoms with Gasteiger partial charge in [-0.05, 0) is 30.3 Å². The van der Waals surface area contributed by atoms with Crippen LogP contribution in [0.4, 0.5) is 5.69 Å². The lowest BCUT2D eigenvalue weighted by atomic mass is 10.2. The van der Waals surface area contributed by atoms with Gasteiger partial charge in [0.2, 0.25) is 11.8 Å². The van der Waals surface area contributed by atoms with Crippen LogP contribution in [0.15, 0.2) is 58.7 Å². The molecule has 0 saturated carbocycles. The van der Waals surface area contributed by atoms with Gasteiger partial charge >= 0.3 is 5.97 Å². The summed E-state index contributed by atoms with van der Waals surface area (Å²) in [4.78, 5) is 36.8. The van der Waals surface area contributed by atoms with E-state index >= 15 is 0 Å². The molecule has 29 heavy (non-hydrogen) atoms. The molecule has 1 aliphatic heterocycles. The van der Waals surface area contributed by atoms with Crippen LogP contribution in [0.2, 0.25) is 5.02 Å². The first-order valence-corrected chi connectivity index (χ1v) is 9.60. The van der Waals surface area contributed by atoms with Crippen molar-refractivity contribution in [3.63, 3.8) is 0 Å². The van der Waals surface area contributed by atoms with Gasteiger partial charge in [-0.25, -0.2) is 9.69 Å². The molecule has 2 amide bonds. The highest BCUT2D eigenvalue weighted by molar-refractivity contribution is 8.14. The molecule has 3 rings (SSSR count). The van der Waals surface area contributed by atoms with Crippen molar-refractivity contribution in [1.82, 2.24) is 0 Å². The minimum atomic E-state index is -1.09. The number of amides is 2. The van der Waals surface area contributed by atoms with E-state index in [1.807, 2.05) is 0 Å². The molecule has 1 aliphatic rings. The van der Waals surface area contributed by atoms with Crippen LogP contribution in [0, 0.1) is 0 Å². The van der Waals surface area contributed by atoms with Crippen LogP contribution in [0.1, 0.15) is 22.3 Å². The number of carboxylic acid groups (broad SMARTS) is 1. The molecule has 0 bridgehead atoms. The number of thioether (sulfide) groups is 1. The monoisotopic (exact) mass is 430 g/mol. The Kier molecular flexibility index (Phi) is 6.30. The van der Waals surface area contributed by atoms with Gasteiger partial charge in [-0.1, -0.05) is 41.6 Å². The van der Waals surface area contributed by atoms with Gasteiger partial charge in [-0.3, -0.25) is 9.59 Å². The number of hydrogen-bond acceptors (Lipinski definition) is 6. The zero-order valence-electron chi connectivity index (χ0n) is 14.9. The quantitative estimate of drug-likeness (QED) is 0.325. The van der Waals surface area contributed by atoms with E-state index in [1.165, 1.54) is 30.5 Å². The van der Waals surface area contributed by atoms with E-state index in [1.54, 1.807) is 24.3 Å². The number of nitrogens with zero attached hydrogens (tertiary/aromatic N) is 3. The SMILES string of the molecule is NC(=N/N=C\c1ccccc1Cl)S[C@@H]1CC(=O)N(c2ccc(C(=O)O)cc2)C1=O. The maximum atomic E-state index is 12.6. The Morgan fingerprint density at radius 1 is 1.21 bits per heavy atom. The third-order valence-electron chi connectivity index (χ3n) is 4.00. The topological polar surface area (TPSA) is 125 Å². The fourth-order valence-electron chi connectivity index (χ4n) is 2.62. The fraction of sp³-hybridized carbons (Fsp3) is 0.105. The van der Waals surface area contributed by atoms with Gasteiger partial charge in [0.15, 0.2) is 5.17 Å². The van der Waals surface area contributed by atoms with Crippen molar-refractivity contribution in [2.75, 3.05) is 4.90 Å². The number of carbonyl (C=O) groups excluding carboxylic acids is 2. The molecule has 0 unspecified atom stereocenters. The summed E-state index contributed by atoms with van der Waals surface area (Å²) in [6.07, 6.45) is 1.39. The second-order valence-corrected chi connectivity index (χ2v) is 7.56. The van der Waals surface area contributed by atoms with Crippen LogP contribution in [0.5, 0.6) is 0 Å². The number of nitrogens with two attached hydrogens (primary N) is 1. The molecule has 0 spiro atoms. The van der Waals surface area contributed by atoms with Gasteiger partial charge < -0.3 is 10.8 Å². The number of hydrogen-bond donors (Lipinski definition) is 2. The number of aromatic carboxylic acids is 1. The first-order chi connectivity index (χ1) is 13.9. The average Bonchev–Trinajstić information content (AvgIpc) is 2.96. The number of imide groups is 1. The molecule has 0 aliphatic carbocycles. The van der Waals surface area contributed by atoms with Gasteiger partial charge in [-0.15, -0.1) is 5.10 Å². The molecule has 1 saturated heterocycles. The first kappa shape index (κ1) is 20.6. The number of benzene rings is 2. The van der Waals surface area contributed by atoms with Gasteiger partial charge in [0.05, 0.1) is 17.5 Å². The van der Waals surface area contributed by atoms with Crippen molar-refractivity contribution in [3.8, 4) is 0 Å². The van der Waals surface area contributed by atoms with Gasteiger partial charge in [-0.2, -0.15) is 5.10 Å². The van der Waals surface area contributed by atoms with Crippen LogP contribution in [0.3, 0.4) is 0 Å². The second-order valence-electron chi connectivity index (χ2n) is 5.93. The molecule has 8 nitrogen and oxygen atoms in total. The Hall–Kier alpha value is -3.17. The third kappa shape index (κ3) is 4.82. The number of carbonyl (C=O) groups is 3. The van der Waals surface area contributed by atoms with Crippen LogP contribution in [-0.2, 0) is 9.59 Å². The van der Waals surface area contributed by atoms with E-state index in [9.17, 15) is 14.4 Å². The van der Waals surface area contributed by atoms with Gasteiger partial charge in [0.25, 0.3) is 0 Å². The molecule has 0 radical (unpaired) electrons. The Morgan fingerprint density at radius 3 is 2.55 bits per heavy atom. The fourth-order valence-corrected chi connectivity index (χ4v) is 3.62. The largest absolute Gasteiger partial charge is 0.478 e. The molecule has 2 aromatic rings. The summed E-state index contributed by atoms with van der Waals surface area (Å²) in [7, 11) is 0. The second kappa shape index (κ2) is 8.89. The van der Waals surface area contributed by atoms with E-state index in [2.05, 4.69) is 10.2 Å². The van der Waals surface area contributed by atoms with E-state index in [0.717, 1.165) is 16.7 Å². The minimum Gasteiger partial charge on any atom is -0.478 e. The highest BCUT2D eigenvalue weighted by Gasteiger charge is 2.40. The number of amidine groups is 1. The summed E-state index contributed by atoms with van der Waals surface area (Å²) < 4.78 is 0. The lowest BCUT2D eigenvalue weighted by molar-refractivity contribution is -0.121. The zero-order chi connectivity index (χ0) is 21.0. The molecule has 1 heterocycles. The molecule has 10 heteroatoms. The van der Waals surface area contributed by atoms with Crippen molar-refractivity contribution >= 4 is 58.2 Å². The van der Waals surface area contributed by atoms with E-state index < -0.39 is 23.0 Å². The summed E-state index contributed by atoms with van der Waals surface area (Å²) in [6.45, 7) is 0. The number of rotatable bonds is 5. The van der Waals surface area contributed by atoms with Crippen molar-refractivity contribution in [1.29, 1.82) is 0 Å². The lowest BCUT2D eigenvalue weighted by Gasteiger charge is -2.14. The standard InChI is InChI=1S/C19H15ClN4O4S/c20-14-4-2-1-3-12(14)10-22-23-19(21)29-15-9-16(25)24(17(15)26)13-7-5-11(6-8-13)18(27)28/h1-8,10,15H,9H2,(H2,21,23)(H,27,28)/b22-10-/t15-/m1/s1. The molecule has 3 N–H and O–H groups in total. The van der Waals surface area contributed by atoms with Gasteiger partial charge in [0.1, 0.15) is 5.25 Å². The Morgan fingerprint density at radius 2 is 1.90 bits per heavy atom. The van der Waals surface area contributed by atoms with Crippen molar-refractivity contribution in [2.24, 2.45) is 15.9 Å². The minimum absolute atomic E-state index is 0.0301. The lowest BCUT2D eigenvalue weighted by Crippen LogP contribution is -2.31. The Bertz CT molecular complexity index is 1020. The Balaban J connectivity index is 1.67.